The van der Waals surface area contributed by atoms with E-state index in [0.29, 0.717) is 21.5 Å². The summed E-state index contributed by atoms with van der Waals surface area (Å²) in [4.78, 5) is 0.367. The number of benzene rings is 1. The van der Waals surface area contributed by atoms with Crippen LogP contribution in [-0.4, -0.2) is 16.5 Å². The number of phenols is 1. The van der Waals surface area contributed by atoms with Gasteiger partial charge in [0.25, 0.3) is 0 Å². The number of anilines is 1. The molecule has 0 fully saturated rings. The third-order valence-electron chi connectivity index (χ3n) is 2.48. The predicted octanol–water partition coefficient (Wildman–Crippen LogP) is 4.19. The van der Waals surface area contributed by atoms with Gasteiger partial charge in [0.15, 0.2) is 0 Å². The molecule has 1 aromatic carbocycles. The van der Waals surface area contributed by atoms with Gasteiger partial charge in [-0.05, 0) is 30.5 Å². The Balaban J connectivity index is 2.74. The predicted molar refractivity (Wildman–Crippen MR) is 73.9 cm³/mol. The standard InChI is InChI=1S/C12H17BrClNO/c1-7(2)10(13)6-15-11-5-9(14)4-8(3)12(11)16/h4-5,7,10,15-16H,6H2,1-3H3. The van der Waals surface area contributed by atoms with E-state index >= 15 is 0 Å². The van der Waals surface area contributed by atoms with E-state index in [0.717, 1.165) is 12.1 Å². The molecule has 0 bridgehead atoms. The molecule has 1 atom stereocenters. The molecule has 0 amide bonds. The molecular weight excluding hydrogens is 289 g/mol. The Morgan fingerprint density at radius 1 is 1.44 bits per heavy atom. The van der Waals surface area contributed by atoms with Crippen molar-refractivity contribution in [2.45, 2.75) is 25.6 Å². The Kier molecular flexibility index (Phi) is 4.93. The van der Waals surface area contributed by atoms with Gasteiger partial charge in [-0.3, -0.25) is 0 Å². The van der Waals surface area contributed by atoms with Crippen molar-refractivity contribution in [3.05, 3.63) is 22.7 Å². The summed E-state index contributed by atoms with van der Waals surface area (Å²) < 4.78 is 0. The molecule has 0 aromatic heterocycles. The lowest BCUT2D eigenvalue weighted by molar-refractivity contribution is 0.472. The topological polar surface area (TPSA) is 32.3 Å². The zero-order chi connectivity index (χ0) is 12.3. The fourth-order valence-electron chi connectivity index (χ4n) is 1.31. The van der Waals surface area contributed by atoms with Crippen molar-refractivity contribution in [3.8, 4) is 5.75 Å². The molecule has 0 aliphatic heterocycles. The van der Waals surface area contributed by atoms with E-state index in [4.69, 9.17) is 11.6 Å². The van der Waals surface area contributed by atoms with Crippen LogP contribution in [0.3, 0.4) is 0 Å². The van der Waals surface area contributed by atoms with Gasteiger partial charge >= 0.3 is 0 Å². The van der Waals surface area contributed by atoms with Gasteiger partial charge in [0.1, 0.15) is 5.75 Å². The molecule has 1 aromatic rings. The Hall–Kier alpha value is -0.410. The molecule has 0 radical (unpaired) electrons. The highest BCUT2D eigenvalue weighted by Crippen LogP contribution is 2.31. The summed E-state index contributed by atoms with van der Waals surface area (Å²) in [5, 5.41) is 13.7. The molecular formula is C12H17BrClNO. The van der Waals surface area contributed by atoms with Gasteiger partial charge in [0.2, 0.25) is 0 Å². The first-order valence-corrected chi connectivity index (χ1v) is 6.58. The minimum atomic E-state index is 0.271. The Labute approximate surface area is 110 Å². The van der Waals surface area contributed by atoms with Crippen molar-refractivity contribution in [1.29, 1.82) is 0 Å². The quantitative estimate of drug-likeness (QED) is 0.646. The van der Waals surface area contributed by atoms with Crippen LogP contribution in [-0.2, 0) is 0 Å². The molecule has 0 saturated heterocycles. The molecule has 0 saturated carbocycles. The van der Waals surface area contributed by atoms with Crippen LogP contribution in [0.1, 0.15) is 19.4 Å². The van der Waals surface area contributed by atoms with E-state index in [1.807, 2.05) is 6.92 Å². The summed E-state index contributed by atoms with van der Waals surface area (Å²) in [6.07, 6.45) is 0. The first kappa shape index (κ1) is 13.7. The highest BCUT2D eigenvalue weighted by atomic mass is 79.9. The van der Waals surface area contributed by atoms with Crippen molar-refractivity contribution in [2.75, 3.05) is 11.9 Å². The van der Waals surface area contributed by atoms with Crippen LogP contribution < -0.4 is 5.32 Å². The summed E-state index contributed by atoms with van der Waals surface area (Å²) in [7, 11) is 0. The second-order valence-electron chi connectivity index (χ2n) is 4.26. The number of alkyl halides is 1. The van der Waals surface area contributed by atoms with Crippen molar-refractivity contribution in [1.82, 2.24) is 0 Å². The Morgan fingerprint density at radius 3 is 2.62 bits per heavy atom. The Bertz CT molecular complexity index is 368. The Morgan fingerprint density at radius 2 is 2.06 bits per heavy atom. The molecule has 1 unspecified atom stereocenters. The van der Waals surface area contributed by atoms with Gasteiger partial charge in [-0.1, -0.05) is 41.4 Å². The van der Waals surface area contributed by atoms with E-state index in [-0.39, 0.29) is 5.75 Å². The third kappa shape index (κ3) is 3.56. The zero-order valence-electron chi connectivity index (χ0n) is 9.72. The van der Waals surface area contributed by atoms with E-state index in [2.05, 4.69) is 35.1 Å². The monoisotopic (exact) mass is 305 g/mol. The number of rotatable bonds is 4. The van der Waals surface area contributed by atoms with E-state index in [9.17, 15) is 5.11 Å². The van der Waals surface area contributed by atoms with E-state index in [1.54, 1.807) is 12.1 Å². The number of nitrogens with one attached hydrogen (secondary N) is 1. The maximum absolute atomic E-state index is 9.84. The first-order chi connectivity index (χ1) is 7.41. The van der Waals surface area contributed by atoms with Crippen LogP contribution in [0.25, 0.3) is 0 Å². The van der Waals surface area contributed by atoms with Crippen LogP contribution in [0, 0.1) is 12.8 Å². The van der Waals surface area contributed by atoms with Crippen LogP contribution in [0.2, 0.25) is 5.02 Å². The summed E-state index contributed by atoms with van der Waals surface area (Å²) in [5.74, 6) is 0.808. The summed E-state index contributed by atoms with van der Waals surface area (Å²) in [6.45, 7) is 6.87. The van der Waals surface area contributed by atoms with Gasteiger partial charge in [0, 0.05) is 16.4 Å². The fourth-order valence-corrected chi connectivity index (χ4v) is 1.75. The van der Waals surface area contributed by atoms with Crippen molar-refractivity contribution in [3.63, 3.8) is 0 Å². The van der Waals surface area contributed by atoms with Crippen molar-refractivity contribution >= 4 is 33.2 Å². The van der Waals surface area contributed by atoms with Crippen LogP contribution in [0.5, 0.6) is 5.75 Å². The van der Waals surface area contributed by atoms with Crippen LogP contribution in [0.4, 0.5) is 5.69 Å². The summed E-state index contributed by atoms with van der Waals surface area (Å²) >= 11 is 9.52. The number of halogens is 2. The second-order valence-corrected chi connectivity index (χ2v) is 5.87. The van der Waals surface area contributed by atoms with Gasteiger partial charge in [0.05, 0.1) is 5.69 Å². The SMILES string of the molecule is Cc1cc(Cl)cc(NCC(Br)C(C)C)c1O. The van der Waals surface area contributed by atoms with Crippen LogP contribution >= 0.6 is 27.5 Å². The maximum Gasteiger partial charge on any atom is 0.141 e. The molecule has 16 heavy (non-hydrogen) atoms. The molecule has 0 aliphatic rings. The fraction of sp³-hybridized carbons (Fsp3) is 0.500. The summed E-state index contributed by atoms with van der Waals surface area (Å²) in [6, 6.07) is 3.49. The number of hydrogen-bond acceptors (Lipinski definition) is 2. The average Bonchev–Trinajstić information content (AvgIpc) is 2.20. The molecule has 2 nitrogen and oxygen atoms in total. The lowest BCUT2D eigenvalue weighted by atomic mass is 10.1. The van der Waals surface area contributed by atoms with Gasteiger partial charge < -0.3 is 10.4 Å². The summed E-state index contributed by atoms with van der Waals surface area (Å²) in [5.41, 5.74) is 1.47. The molecule has 0 heterocycles. The van der Waals surface area contributed by atoms with Crippen molar-refractivity contribution < 1.29 is 5.11 Å². The highest BCUT2D eigenvalue weighted by molar-refractivity contribution is 9.09. The number of hydrogen-bond donors (Lipinski definition) is 2. The lowest BCUT2D eigenvalue weighted by Gasteiger charge is -2.16. The molecule has 1 rings (SSSR count). The smallest absolute Gasteiger partial charge is 0.141 e. The maximum atomic E-state index is 9.84. The average molecular weight is 307 g/mol. The zero-order valence-corrected chi connectivity index (χ0v) is 12.1. The van der Waals surface area contributed by atoms with E-state index < -0.39 is 0 Å². The third-order valence-corrected chi connectivity index (χ3v) is 4.08. The van der Waals surface area contributed by atoms with Crippen molar-refractivity contribution in [2.24, 2.45) is 5.92 Å². The number of aromatic hydroxyl groups is 1. The molecule has 2 N–H and O–H groups in total. The number of aryl methyl sites for hydroxylation is 1. The first-order valence-electron chi connectivity index (χ1n) is 5.29. The minimum absolute atomic E-state index is 0.271. The minimum Gasteiger partial charge on any atom is -0.506 e. The lowest BCUT2D eigenvalue weighted by Crippen LogP contribution is -2.19. The second kappa shape index (κ2) is 5.78. The molecule has 4 heteroatoms. The molecule has 0 spiro atoms. The van der Waals surface area contributed by atoms with E-state index in [1.165, 1.54) is 0 Å². The van der Waals surface area contributed by atoms with Gasteiger partial charge in [-0.15, -0.1) is 0 Å². The van der Waals surface area contributed by atoms with Gasteiger partial charge in [-0.25, -0.2) is 0 Å². The molecule has 90 valence electrons. The normalized spacial score (nSPS) is 12.9. The number of phenolic OH excluding ortho intramolecular Hbond substituents is 1. The molecule has 0 aliphatic carbocycles. The largest absolute Gasteiger partial charge is 0.506 e. The van der Waals surface area contributed by atoms with Gasteiger partial charge in [-0.2, -0.15) is 0 Å². The van der Waals surface area contributed by atoms with Crippen LogP contribution in [0.15, 0.2) is 12.1 Å². The highest BCUT2D eigenvalue weighted by Gasteiger charge is 2.11.